The molecule has 1 aliphatic rings. The molecule has 0 amide bonds. The zero-order valence-electron chi connectivity index (χ0n) is 30.8. The highest BCUT2D eigenvalue weighted by Crippen LogP contribution is 2.58. The maximum atomic E-state index is 11.8. The third-order valence-electron chi connectivity index (χ3n) is 9.86. The van der Waals surface area contributed by atoms with Crippen molar-refractivity contribution < 1.29 is 38.7 Å². The van der Waals surface area contributed by atoms with Gasteiger partial charge in [0.2, 0.25) is 0 Å². The number of rotatable bonds is 14. The highest BCUT2D eigenvalue weighted by molar-refractivity contribution is 6.06. The van der Waals surface area contributed by atoms with Gasteiger partial charge in [0.15, 0.2) is 0 Å². The first-order chi connectivity index (χ1) is 26.6. The van der Waals surface area contributed by atoms with Gasteiger partial charge in [0, 0.05) is 11.1 Å². The summed E-state index contributed by atoms with van der Waals surface area (Å²) in [5.41, 5.74) is 6.33. The lowest BCUT2D eigenvalue weighted by molar-refractivity contribution is -0.143. The molecule has 0 heterocycles. The van der Waals surface area contributed by atoms with Crippen molar-refractivity contribution in [2.45, 2.75) is 31.5 Å². The van der Waals surface area contributed by atoms with Crippen LogP contribution >= 0.6 is 0 Å². The summed E-state index contributed by atoms with van der Waals surface area (Å²) in [6.07, 6.45) is -2.03. The number of carbonyl (C=O) groups is 2. The van der Waals surface area contributed by atoms with E-state index in [0.29, 0.717) is 11.5 Å². The topological polar surface area (TPSA) is 112 Å². The van der Waals surface area contributed by atoms with Gasteiger partial charge in [-0.25, -0.2) is 9.59 Å². The van der Waals surface area contributed by atoms with Crippen molar-refractivity contribution >= 4 is 33.5 Å². The number of hydrogen-bond acceptors (Lipinski definition) is 8. The quantitative estimate of drug-likeness (QED) is 0.0853. The number of benzene rings is 6. The summed E-state index contributed by atoms with van der Waals surface area (Å²) < 4.78 is 22.0. The summed E-state index contributed by atoms with van der Waals surface area (Å²) >= 11 is 0. The van der Waals surface area contributed by atoms with Crippen molar-refractivity contribution in [3.8, 4) is 22.6 Å². The lowest BCUT2D eigenvalue weighted by Gasteiger charge is -2.34. The molecule has 7 rings (SSSR count). The maximum Gasteiger partial charge on any atom is 0.333 e. The fraction of sp³-hybridized carbons (Fsp3) is 0.191. The van der Waals surface area contributed by atoms with E-state index in [2.05, 4.69) is 104 Å². The van der Waals surface area contributed by atoms with Gasteiger partial charge in [-0.2, -0.15) is 0 Å². The number of carbonyl (C=O) groups excluding carboxylic acids is 2. The van der Waals surface area contributed by atoms with Gasteiger partial charge in [-0.3, -0.25) is 0 Å². The van der Waals surface area contributed by atoms with Gasteiger partial charge >= 0.3 is 11.9 Å². The smallest absolute Gasteiger partial charge is 0.333 e. The first kappa shape index (κ1) is 37.1. The molecular weight excluding hydrogens is 693 g/mol. The van der Waals surface area contributed by atoms with Gasteiger partial charge in [0.25, 0.3) is 0 Å². The molecular formula is C47H42O8. The monoisotopic (exact) mass is 734 g/mol. The van der Waals surface area contributed by atoms with Gasteiger partial charge in [0.1, 0.15) is 50.1 Å². The highest BCUT2D eigenvalue weighted by Gasteiger charge is 2.47. The van der Waals surface area contributed by atoms with Crippen LogP contribution in [0, 0.1) is 0 Å². The summed E-state index contributed by atoms with van der Waals surface area (Å²) in [7, 11) is 0. The molecule has 8 nitrogen and oxygen atoms in total. The number of ether oxygens (including phenoxy) is 4. The molecule has 6 aromatic rings. The standard InChI is InChI=1S/C47H42O8/c1-29(2)45(50)54-27-36(48)25-52-38-18-14-34(15-19-38)47(35-16-20-39(21-17-35)53-26-37(49)28-55-46(51)30(3)4)42-22-13-31-9-7-8-12-40(31)44(42)41-23-32-10-5-6-11-33(32)24-43(41)47/h5-24,36-37,48-49H,1,3,25-28H2,2,4H3. The van der Waals surface area contributed by atoms with E-state index in [1.165, 1.54) is 5.56 Å². The van der Waals surface area contributed by atoms with E-state index in [9.17, 15) is 19.8 Å². The first-order valence-electron chi connectivity index (χ1n) is 18.1. The van der Waals surface area contributed by atoms with Gasteiger partial charge in [-0.1, -0.05) is 98.1 Å². The Balaban J connectivity index is 1.29. The molecule has 0 saturated carbocycles. The molecule has 0 aromatic heterocycles. The van der Waals surface area contributed by atoms with Crippen LogP contribution in [0.25, 0.3) is 32.7 Å². The number of esters is 2. The van der Waals surface area contributed by atoms with Gasteiger partial charge in [-0.05, 0) is 105 Å². The Hall–Kier alpha value is -6.22. The van der Waals surface area contributed by atoms with Crippen molar-refractivity contribution in [2.24, 2.45) is 0 Å². The van der Waals surface area contributed by atoms with E-state index in [1.807, 2.05) is 30.3 Å². The largest absolute Gasteiger partial charge is 0.491 e. The minimum absolute atomic E-state index is 0.0654. The Kier molecular flexibility index (Phi) is 10.5. The Morgan fingerprint density at radius 1 is 0.582 bits per heavy atom. The fourth-order valence-electron chi connectivity index (χ4n) is 7.24. The zero-order chi connectivity index (χ0) is 38.7. The molecule has 0 aliphatic heterocycles. The normalized spacial score (nSPS) is 15.4. The van der Waals surface area contributed by atoms with Crippen LogP contribution in [0.4, 0.5) is 0 Å². The Morgan fingerprint density at radius 2 is 1.05 bits per heavy atom. The van der Waals surface area contributed by atoms with Crippen LogP contribution < -0.4 is 9.47 Å². The minimum Gasteiger partial charge on any atom is -0.491 e. The number of aliphatic hydroxyl groups is 2. The first-order valence-corrected chi connectivity index (χ1v) is 18.1. The second-order valence-electron chi connectivity index (χ2n) is 13.9. The molecule has 0 saturated heterocycles. The third kappa shape index (κ3) is 7.34. The summed E-state index contributed by atoms with van der Waals surface area (Å²) in [6.45, 7) is 9.70. The highest BCUT2D eigenvalue weighted by atomic mass is 16.6. The van der Waals surface area contributed by atoms with E-state index in [1.54, 1.807) is 13.8 Å². The maximum absolute atomic E-state index is 11.8. The molecule has 0 radical (unpaired) electrons. The van der Waals surface area contributed by atoms with Crippen LogP contribution in [0.1, 0.15) is 36.1 Å². The van der Waals surface area contributed by atoms with Crippen molar-refractivity contribution in [1.29, 1.82) is 0 Å². The molecule has 55 heavy (non-hydrogen) atoms. The molecule has 2 atom stereocenters. The van der Waals surface area contributed by atoms with Crippen LogP contribution in [0.15, 0.2) is 146 Å². The molecule has 6 aromatic carbocycles. The Morgan fingerprint density at radius 3 is 1.56 bits per heavy atom. The second-order valence-corrected chi connectivity index (χ2v) is 13.9. The zero-order valence-corrected chi connectivity index (χ0v) is 30.8. The predicted octanol–water partition coefficient (Wildman–Crippen LogP) is 8.07. The van der Waals surface area contributed by atoms with E-state index in [-0.39, 0.29) is 37.6 Å². The van der Waals surface area contributed by atoms with Gasteiger partial charge < -0.3 is 29.2 Å². The van der Waals surface area contributed by atoms with E-state index in [4.69, 9.17) is 18.9 Å². The summed E-state index contributed by atoms with van der Waals surface area (Å²) in [5, 5.41) is 25.4. The van der Waals surface area contributed by atoms with Gasteiger partial charge in [-0.15, -0.1) is 0 Å². The Bertz CT molecular complexity index is 2330. The van der Waals surface area contributed by atoms with E-state index in [0.717, 1.165) is 49.4 Å². The third-order valence-corrected chi connectivity index (χ3v) is 9.86. The van der Waals surface area contributed by atoms with Crippen molar-refractivity contribution in [3.63, 3.8) is 0 Å². The fourth-order valence-corrected chi connectivity index (χ4v) is 7.24. The molecule has 2 unspecified atom stereocenters. The SMILES string of the molecule is C=C(C)C(=O)OCC(O)COc1ccc(C2(c3ccc(OCC(O)COC(=O)C(=C)C)cc3)c3cc4ccccc4cc3-c3c2ccc2ccccc32)cc1. The summed E-state index contributed by atoms with van der Waals surface area (Å²) in [4.78, 5) is 23.6. The predicted molar refractivity (Wildman–Crippen MR) is 213 cm³/mol. The number of hydrogen-bond donors (Lipinski definition) is 2. The minimum atomic E-state index is -1.02. The molecule has 2 N–H and O–H groups in total. The Labute approximate surface area is 319 Å². The average molecular weight is 735 g/mol. The van der Waals surface area contributed by atoms with Crippen LogP contribution in [-0.2, 0) is 24.5 Å². The van der Waals surface area contributed by atoms with Crippen LogP contribution in [0.5, 0.6) is 11.5 Å². The molecule has 0 bridgehead atoms. The van der Waals surface area contributed by atoms with Crippen molar-refractivity contribution in [2.75, 3.05) is 26.4 Å². The van der Waals surface area contributed by atoms with Crippen LogP contribution in [0.3, 0.4) is 0 Å². The van der Waals surface area contributed by atoms with Crippen molar-refractivity contribution in [3.05, 3.63) is 168 Å². The lowest BCUT2D eigenvalue weighted by Crippen LogP contribution is -2.29. The summed E-state index contributed by atoms with van der Waals surface area (Å²) in [6, 6.07) is 41.6. The average Bonchev–Trinajstić information content (AvgIpc) is 3.49. The van der Waals surface area contributed by atoms with Crippen LogP contribution in [-0.4, -0.2) is 60.8 Å². The van der Waals surface area contributed by atoms with Crippen LogP contribution in [0.2, 0.25) is 0 Å². The molecule has 0 spiro atoms. The molecule has 1 aliphatic carbocycles. The summed E-state index contributed by atoms with van der Waals surface area (Å²) in [5.74, 6) is -0.0258. The van der Waals surface area contributed by atoms with E-state index < -0.39 is 29.6 Å². The number of aliphatic hydroxyl groups excluding tert-OH is 2. The lowest BCUT2D eigenvalue weighted by atomic mass is 9.67. The molecule has 278 valence electrons. The second kappa shape index (κ2) is 15.6. The molecule has 8 heteroatoms. The van der Waals surface area contributed by atoms with Crippen molar-refractivity contribution in [1.82, 2.24) is 0 Å². The van der Waals surface area contributed by atoms with Gasteiger partial charge in [0.05, 0.1) is 5.41 Å². The van der Waals surface area contributed by atoms with E-state index >= 15 is 0 Å². The molecule has 0 fully saturated rings. The number of fused-ring (bicyclic) bond motifs is 6.